The summed E-state index contributed by atoms with van der Waals surface area (Å²) in [6.07, 6.45) is 3.98. The third-order valence-corrected chi connectivity index (χ3v) is 3.49. The van der Waals surface area contributed by atoms with Gasteiger partial charge in [-0.1, -0.05) is 34.1 Å². The quantitative estimate of drug-likeness (QED) is 0.593. The van der Waals surface area contributed by atoms with Gasteiger partial charge in [-0.05, 0) is 31.1 Å². The molecule has 0 saturated heterocycles. The first-order valence-corrected chi connectivity index (χ1v) is 7.04. The summed E-state index contributed by atoms with van der Waals surface area (Å²) in [5.74, 6) is 2.15. The van der Waals surface area contributed by atoms with Crippen LogP contribution >= 0.6 is 11.8 Å². The zero-order chi connectivity index (χ0) is 10.8. The smallest absolute Gasteiger partial charge is 0.0144 e. The highest BCUT2D eigenvalue weighted by Crippen LogP contribution is 2.11. The predicted molar refractivity (Wildman–Crippen MR) is 69.2 cm³/mol. The van der Waals surface area contributed by atoms with Gasteiger partial charge >= 0.3 is 0 Å². The largest absolute Gasteiger partial charge is 0.316 e. The lowest BCUT2D eigenvalue weighted by molar-refractivity contribution is 0.539. The van der Waals surface area contributed by atoms with Crippen LogP contribution in [0, 0.1) is 5.92 Å². The zero-order valence-corrected chi connectivity index (χ0v) is 11.1. The molecule has 1 nitrogen and oxygen atoms in total. The molecule has 0 bridgehead atoms. The van der Waals surface area contributed by atoms with E-state index in [1.54, 1.807) is 0 Å². The Morgan fingerprint density at radius 1 is 1.21 bits per heavy atom. The highest BCUT2D eigenvalue weighted by Gasteiger charge is 2.01. The van der Waals surface area contributed by atoms with Crippen molar-refractivity contribution in [2.24, 2.45) is 5.92 Å². The van der Waals surface area contributed by atoms with Crippen LogP contribution < -0.4 is 5.32 Å². The van der Waals surface area contributed by atoms with Crippen molar-refractivity contribution in [1.82, 2.24) is 5.32 Å². The van der Waals surface area contributed by atoms with Gasteiger partial charge in [0.05, 0.1) is 0 Å². The van der Waals surface area contributed by atoms with Crippen LogP contribution in [0.2, 0.25) is 0 Å². The second-order valence-corrected chi connectivity index (χ2v) is 5.97. The molecule has 0 aromatic rings. The molecular weight excluding hydrogens is 190 g/mol. The molecule has 86 valence electrons. The molecule has 1 N–H and O–H groups in total. The van der Waals surface area contributed by atoms with Crippen LogP contribution in [0.25, 0.3) is 0 Å². The maximum Gasteiger partial charge on any atom is 0.0144 e. The lowest BCUT2D eigenvalue weighted by Gasteiger charge is -2.12. The molecule has 0 spiro atoms. The molecular formula is C12H27NS. The summed E-state index contributed by atoms with van der Waals surface area (Å²) in [4.78, 5) is 0. The Labute approximate surface area is 94.4 Å². The van der Waals surface area contributed by atoms with Crippen molar-refractivity contribution in [2.45, 2.75) is 52.2 Å². The Hall–Kier alpha value is 0.310. The number of unbranched alkanes of at least 4 members (excludes halogenated alkanes) is 1. The molecule has 14 heavy (non-hydrogen) atoms. The molecule has 1 atom stereocenters. The fourth-order valence-electron chi connectivity index (χ4n) is 1.18. The molecule has 0 aromatic heterocycles. The maximum absolute atomic E-state index is 3.52. The fraction of sp³-hybridized carbons (Fsp3) is 1.00. The Morgan fingerprint density at radius 3 is 2.50 bits per heavy atom. The van der Waals surface area contributed by atoms with Crippen molar-refractivity contribution in [3.63, 3.8) is 0 Å². The monoisotopic (exact) mass is 217 g/mol. The van der Waals surface area contributed by atoms with Gasteiger partial charge in [-0.2, -0.15) is 11.8 Å². The van der Waals surface area contributed by atoms with E-state index in [-0.39, 0.29) is 0 Å². The molecule has 1 unspecified atom stereocenters. The second kappa shape index (κ2) is 9.85. The zero-order valence-electron chi connectivity index (χ0n) is 10.3. The normalized spacial score (nSPS) is 13.5. The topological polar surface area (TPSA) is 12.0 Å². The summed E-state index contributed by atoms with van der Waals surface area (Å²) >= 11 is 2.10. The average molecular weight is 217 g/mol. The van der Waals surface area contributed by atoms with E-state index < -0.39 is 0 Å². The van der Waals surface area contributed by atoms with E-state index in [4.69, 9.17) is 0 Å². The van der Waals surface area contributed by atoms with Gasteiger partial charge in [0.2, 0.25) is 0 Å². The Kier molecular flexibility index (Phi) is 10.1. The minimum atomic E-state index is 0.772. The van der Waals surface area contributed by atoms with Gasteiger partial charge in [0.15, 0.2) is 0 Å². The van der Waals surface area contributed by atoms with Crippen LogP contribution in [0.4, 0.5) is 0 Å². The lowest BCUT2D eigenvalue weighted by Crippen LogP contribution is -2.24. The summed E-state index contributed by atoms with van der Waals surface area (Å²) in [6.45, 7) is 11.5. The minimum Gasteiger partial charge on any atom is -0.316 e. The molecule has 2 heteroatoms. The Morgan fingerprint density at radius 2 is 1.93 bits per heavy atom. The molecule has 0 aliphatic heterocycles. The van der Waals surface area contributed by atoms with E-state index >= 15 is 0 Å². The van der Waals surface area contributed by atoms with Crippen molar-refractivity contribution >= 4 is 11.8 Å². The Bertz CT molecular complexity index is 115. The third kappa shape index (κ3) is 10.4. The van der Waals surface area contributed by atoms with Crippen molar-refractivity contribution in [1.29, 1.82) is 0 Å². The first-order chi connectivity index (χ1) is 6.66. The Balaban J connectivity index is 3.14. The average Bonchev–Trinajstić information content (AvgIpc) is 2.13. The van der Waals surface area contributed by atoms with Crippen molar-refractivity contribution in [2.75, 3.05) is 18.8 Å². The van der Waals surface area contributed by atoms with Crippen LogP contribution in [0.3, 0.4) is 0 Å². The minimum absolute atomic E-state index is 0.772. The fourth-order valence-corrected chi connectivity index (χ4v) is 2.28. The molecule has 0 amide bonds. The second-order valence-electron chi connectivity index (χ2n) is 4.42. The van der Waals surface area contributed by atoms with E-state index in [2.05, 4.69) is 44.8 Å². The number of hydrogen-bond acceptors (Lipinski definition) is 2. The number of hydrogen-bond donors (Lipinski definition) is 1. The van der Waals surface area contributed by atoms with Crippen LogP contribution in [0.5, 0.6) is 0 Å². The molecule has 0 saturated carbocycles. The van der Waals surface area contributed by atoms with Crippen LogP contribution in [0.1, 0.15) is 47.0 Å². The van der Waals surface area contributed by atoms with Gasteiger partial charge in [0, 0.05) is 11.8 Å². The van der Waals surface area contributed by atoms with Crippen molar-refractivity contribution in [3.8, 4) is 0 Å². The van der Waals surface area contributed by atoms with E-state index in [9.17, 15) is 0 Å². The summed E-state index contributed by atoms with van der Waals surface area (Å²) in [6, 6.07) is 0. The number of nitrogens with one attached hydrogen (secondary N) is 1. The van der Waals surface area contributed by atoms with E-state index in [1.807, 2.05) is 0 Å². The van der Waals surface area contributed by atoms with Gasteiger partial charge in [-0.15, -0.1) is 0 Å². The molecule has 0 radical (unpaired) electrons. The van der Waals surface area contributed by atoms with Crippen molar-refractivity contribution < 1.29 is 0 Å². The summed E-state index contributed by atoms with van der Waals surface area (Å²) in [5.41, 5.74) is 0. The highest BCUT2D eigenvalue weighted by atomic mass is 32.2. The van der Waals surface area contributed by atoms with Gasteiger partial charge in [0.1, 0.15) is 0 Å². The van der Waals surface area contributed by atoms with E-state index in [1.165, 1.54) is 38.1 Å². The van der Waals surface area contributed by atoms with E-state index in [0.29, 0.717) is 0 Å². The van der Waals surface area contributed by atoms with Crippen LogP contribution in [0.15, 0.2) is 0 Å². The molecule has 0 fully saturated rings. The van der Waals surface area contributed by atoms with Gasteiger partial charge in [-0.25, -0.2) is 0 Å². The van der Waals surface area contributed by atoms with Crippen LogP contribution in [-0.4, -0.2) is 24.1 Å². The third-order valence-electron chi connectivity index (χ3n) is 2.23. The maximum atomic E-state index is 3.52. The number of rotatable bonds is 9. The van der Waals surface area contributed by atoms with Gasteiger partial charge in [-0.3, -0.25) is 0 Å². The highest BCUT2D eigenvalue weighted by molar-refractivity contribution is 7.99. The summed E-state index contributed by atoms with van der Waals surface area (Å²) in [7, 11) is 0. The predicted octanol–water partition coefficient (Wildman–Crippen LogP) is 3.54. The first kappa shape index (κ1) is 14.3. The summed E-state index contributed by atoms with van der Waals surface area (Å²) in [5, 5.41) is 4.29. The molecule has 0 aliphatic rings. The van der Waals surface area contributed by atoms with Crippen molar-refractivity contribution in [3.05, 3.63) is 0 Å². The molecule has 0 aromatic carbocycles. The van der Waals surface area contributed by atoms with Gasteiger partial charge in [0.25, 0.3) is 0 Å². The van der Waals surface area contributed by atoms with Gasteiger partial charge < -0.3 is 5.32 Å². The van der Waals surface area contributed by atoms with E-state index in [0.717, 1.165) is 11.2 Å². The number of thioether (sulfide) groups is 1. The first-order valence-electron chi connectivity index (χ1n) is 5.99. The lowest BCUT2D eigenvalue weighted by atomic mass is 10.1. The summed E-state index contributed by atoms with van der Waals surface area (Å²) < 4.78 is 0. The molecule has 0 rings (SSSR count). The standard InChI is InChI=1S/C12H27NS/c1-5-6-9-14-12(4)10-13-8-7-11(2)3/h11-13H,5-10H2,1-4H3. The molecule has 0 aliphatic carbocycles. The molecule has 0 heterocycles. The van der Waals surface area contributed by atoms with Crippen LogP contribution in [-0.2, 0) is 0 Å². The SMILES string of the molecule is CCCCSC(C)CNCCC(C)C.